The quantitative estimate of drug-likeness (QED) is 0.639. The number of carboxylic acid groups (broad SMARTS) is 1. The molecule has 0 aromatic heterocycles. The minimum atomic E-state index is -1.25. The Hall–Kier alpha value is -1.68. The molecule has 1 unspecified atom stereocenters. The van der Waals surface area contributed by atoms with Gasteiger partial charge < -0.3 is 10.2 Å². The molecule has 0 fully saturated rings. The average molecular weight is 191 g/mol. The van der Waals surface area contributed by atoms with Crippen molar-refractivity contribution in [2.24, 2.45) is 4.99 Å². The van der Waals surface area contributed by atoms with Crippen molar-refractivity contribution in [2.75, 3.05) is 0 Å². The first-order chi connectivity index (χ1) is 6.68. The number of rotatable bonds is 1. The number of aliphatic hydroxyl groups excluding tert-OH is 1. The van der Waals surface area contributed by atoms with Crippen LogP contribution in [0.2, 0.25) is 0 Å². The third-order valence-electron chi connectivity index (χ3n) is 2.14. The molecule has 4 nitrogen and oxygen atoms in total. The Morgan fingerprint density at radius 3 is 3.07 bits per heavy atom. The Bertz CT molecular complexity index is 402. The van der Waals surface area contributed by atoms with Crippen molar-refractivity contribution in [3.8, 4) is 0 Å². The number of carbonyl (C=O) groups is 1. The second-order valence-electron chi connectivity index (χ2n) is 3.09. The molecule has 0 aromatic carbocycles. The molecular formula is C10H9NO3. The van der Waals surface area contributed by atoms with E-state index in [-0.39, 0.29) is 5.57 Å². The van der Waals surface area contributed by atoms with Crippen LogP contribution in [0.5, 0.6) is 0 Å². The number of aliphatic hydroxyl groups is 1. The zero-order valence-corrected chi connectivity index (χ0v) is 7.34. The van der Waals surface area contributed by atoms with Gasteiger partial charge in [-0.1, -0.05) is 12.2 Å². The summed E-state index contributed by atoms with van der Waals surface area (Å²) in [5.41, 5.74) is 1.35. The smallest absolute Gasteiger partial charge is 0.336 e. The summed E-state index contributed by atoms with van der Waals surface area (Å²) in [5, 5.41) is 18.1. The van der Waals surface area contributed by atoms with Gasteiger partial charge in [0.2, 0.25) is 0 Å². The van der Waals surface area contributed by atoms with E-state index in [1.54, 1.807) is 6.08 Å². The van der Waals surface area contributed by atoms with E-state index in [0.717, 1.165) is 12.0 Å². The van der Waals surface area contributed by atoms with Crippen LogP contribution in [0.4, 0.5) is 0 Å². The maximum Gasteiger partial charge on any atom is 0.336 e. The standard InChI is InChI=1S/C10H9NO3/c12-9-7(10(13)14)5-6-3-1-2-4-8(6)11-9/h2-5,9,12H,1H2,(H,13,14). The fourth-order valence-electron chi connectivity index (χ4n) is 1.44. The lowest BCUT2D eigenvalue weighted by Crippen LogP contribution is -2.22. The predicted molar refractivity (Wildman–Crippen MR) is 51.0 cm³/mol. The molecule has 0 radical (unpaired) electrons. The van der Waals surface area contributed by atoms with Crippen molar-refractivity contribution >= 4 is 11.7 Å². The number of aliphatic carboxylic acids is 1. The van der Waals surface area contributed by atoms with E-state index in [1.807, 2.05) is 12.2 Å². The number of aliphatic imine (C=N–C) groups is 1. The Labute approximate surface area is 80.6 Å². The maximum absolute atomic E-state index is 10.7. The molecule has 1 heterocycles. The van der Waals surface area contributed by atoms with Gasteiger partial charge in [0.25, 0.3) is 0 Å². The number of allylic oxidation sites excluding steroid dienone is 5. The van der Waals surface area contributed by atoms with E-state index in [1.165, 1.54) is 6.08 Å². The average Bonchev–Trinajstić information content (AvgIpc) is 2.16. The molecule has 0 spiro atoms. The van der Waals surface area contributed by atoms with Crippen molar-refractivity contribution in [1.29, 1.82) is 0 Å². The van der Waals surface area contributed by atoms with Crippen molar-refractivity contribution < 1.29 is 15.0 Å². The summed E-state index contributed by atoms with van der Waals surface area (Å²) in [6.45, 7) is 0. The largest absolute Gasteiger partial charge is 0.478 e. The first kappa shape index (κ1) is 8.90. The maximum atomic E-state index is 10.7. The summed E-state index contributed by atoms with van der Waals surface area (Å²) in [6, 6.07) is 0. The summed E-state index contributed by atoms with van der Waals surface area (Å²) < 4.78 is 0. The lowest BCUT2D eigenvalue weighted by Gasteiger charge is -2.17. The van der Waals surface area contributed by atoms with Crippen LogP contribution in [-0.4, -0.2) is 28.1 Å². The summed E-state index contributed by atoms with van der Waals surface area (Å²) in [4.78, 5) is 14.6. The molecule has 1 atom stereocenters. The summed E-state index contributed by atoms with van der Waals surface area (Å²) >= 11 is 0. The second kappa shape index (κ2) is 3.23. The lowest BCUT2D eigenvalue weighted by molar-refractivity contribution is -0.133. The molecule has 14 heavy (non-hydrogen) atoms. The third kappa shape index (κ3) is 1.40. The highest BCUT2D eigenvalue weighted by Gasteiger charge is 2.23. The first-order valence-electron chi connectivity index (χ1n) is 4.26. The van der Waals surface area contributed by atoms with Crippen molar-refractivity contribution in [3.63, 3.8) is 0 Å². The van der Waals surface area contributed by atoms with Crippen LogP contribution in [0.15, 0.2) is 40.4 Å². The molecule has 0 saturated carbocycles. The Morgan fingerprint density at radius 1 is 1.57 bits per heavy atom. The fourth-order valence-corrected chi connectivity index (χ4v) is 1.44. The van der Waals surface area contributed by atoms with Gasteiger partial charge >= 0.3 is 5.97 Å². The predicted octanol–water partition coefficient (Wildman–Crippen LogP) is 0.657. The Balaban J connectivity index is 2.40. The van der Waals surface area contributed by atoms with E-state index in [4.69, 9.17) is 5.11 Å². The number of hydrogen-bond donors (Lipinski definition) is 2. The van der Waals surface area contributed by atoms with Crippen molar-refractivity contribution in [2.45, 2.75) is 12.6 Å². The van der Waals surface area contributed by atoms with Gasteiger partial charge in [-0.15, -0.1) is 0 Å². The van der Waals surface area contributed by atoms with Crippen molar-refractivity contribution in [3.05, 3.63) is 35.5 Å². The van der Waals surface area contributed by atoms with Gasteiger partial charge in [-0.2, -0.15) is 0 Å². The van der Waals surface area contributed by atoms with E-state index in [9.17, 15) is 9.90 Å². The SMILES string of the molecule is O=C(O)C1=CC2=CCC=CC2=NC1O. The van der Waals surface area contributed by atoms with Crippen LogP contribution in [0.1, 0.15) is 6.42 Å². The van der Waals surface area contributed by atoms with Gasteiger partial charge in [0.15, 0.2) is 6.23 Å². The number of fused-ring (bicyclic) bond motifs is 1. The Kier molecular flexibility index (Phi) is 2.05. The molecular weight excluding hydrogens is 182 g/mol. The number of hydrogen-bond acceptors (Lipinski definition) is 3. The Morgan fingerprint density at radius 2 is 2.36 bits per heavy atom. The number of nitrogens with zero attached hydrogens (tertiary/aromatic N) is 1. The van der Waals surface area contributed by atoms with E-state index >= 15 is 0 Å². The van der Waals surface area contributed by atoms with E-state index in [2.05, 4.69) is 4.99 Å². The van der Waals surface area contributed by atoms with Gasteiger partial charge in [0.05, 0.1) is 11.3 Å². The van der Waals surface area contributed by atoms with Gasteiger partial charge in [0, 0.05) is 0 Å². The van der Waals surface area contributed by atoms with Crippen LogP contribution >= 0.6 is 0 Å². The molecule has 0 saturated heterocycles. The molecule has 72 valence electrons. The molecule has 0 bridgehead atoms. The molecule has 0 amide bonds. The van der Waals surface area contributed by atoms with Gasteiger partial charge in [-0.3, -0.25) is 0 Å². The third-order valence-corrected chi connectivity index (χ3v) is 2.14. The topological polar surface area (TPSA) is 69.9 Å². The fraction of sp³-hybridized carbons (Fsp3) is 0.200. The minimum Gasteiger partial charge on any atom is -0.478 e. The van der Waals surface area contributed by atoms with E-state index < -0.39 is 12.2 Å². The van der Waals surface area contributed by atoms with E-state index in [0.29, 0.717) is 5.71 Å². The molecule has 2 N–H and O–H groups in total. The van der Waals surface area contributed by atoms with Crippen LogP contribution in [0.3, 0.4) is 0 Å². The van der Waals surface area contributed by atoms with Gasteiger partial charge in [-0.05, 0) is 24.1 Å². The molecule has 1 aliphatic heterocycles. The normalized spacial score (nSPS) is 24.6. The summed E-state index contributed by atoms with van der Waals surface area (Å²) in [5.74, 6) is -1.13. The van der Waals surface area contributed by atoms with Gasteiger partial charge in [-0.25, -0.2) is 9.79 Å². The zero-order valence-electron chi connectivity index (χ0n) is 7.34. The lowest BCUT2D eigenvalue weighted by atomic mass is 9.97. The first-order valence-corrected chi connectivity index (χ1v) is 4.26. The molecule has 2 rings (SSSR count). The highest BCUT2D eigenvalue weighted by molar-refractivity contribution is 6.13. The second-order valence-corrected chi connectivity index (χ2v) is 3.09. The van der Waals surface area contributed by atoms with Crippen LogP contribution < -0.4 is 0 Å². The number of dihydropyridines is 1. The monoisotopic (exact) mass is 191 g/mol. The van der Waals surface area contributed by atoms with Crippen LogP contribution in [0.25, 0.3) is 0 Å². The summed E-state index contributed by atoms with van der Waals surface area (Å²) in [6.07, 6.45) is 6.57. The summed E-state index contributed by atoms with van der Waals surface area (Å²) in [7, 11) is 0. The highest BCUT2D eigenvalue weighted by Crippen LogP contribution is 2.21. The zero-order chi connectivity index (χ0) is 10.1. The molecule has 2 aliphatic rings. The molecule has 4 heteroatoms. The highest BCUT2D eigenvalue weighted by atomic mass is 16.4. The van der Waals surface area contributed by atoms with Crippen molar-refractivity contribution in [1.82, 2.24) is 0 Å². The minimum absolute atomic E-state index is 0.0738. The molecule has 0 aromatic rings. The van der Waals surface area contributed by atoms with Crippen LogP contribution in [0, 0.1) is 0 Å². The van der Waals surface area contributed by atoms with Crippen LogP contribution in [-0.2, 0) is 4.79 Å². The molecule has 1 aliphatic carbocycles. The number of carboxylic acids is 1. The van der Waals surface area contributed by atoms with Gasteiger partial charge in [0.1, 0.15) is 0 Å².